The largest absolute Gasteiger partial charge is 0.288 e. The van der Waals surface area contributed by atoms with Crippen LogP contribution >= 0.6 is 11.6 Å². The molecule has 0 atom stereocenters. The SMILES string of the molecule is CCc1ccc(C(=O)c2ccc(Cl)cc2F)cc1. The number of aryl methyl sites for hydroxylation is 1. The zero-order valence-corrected chi connectivity index (χ0v) is 10.7. The van der Waals surface area contributed by atoms with E-state index in [0.29, 0.717) is 5.56 Å². The molecular formula is C15H12ClFO. The van der Waals surface area contributed by atoms with Crippen LogP contribution in [0.5, 0.6) is 0 Å². The van der Waals surface area contributed by atoms with Crippen molar-refractivity contribution in [2.45, 2.75) is 13.3 Å². The van der Waals surface area contributed by atoms with Gasteiger partial charge in [-0.3, -0.25) is 4.79 Å². The van der Waals surface area contributed by atoms with E-state index < -0.39 is 5.82 Å². The molecule has 0 amide bonds. The van der Waals surface area contributed by atoms with Crippen molar-refractivity contribution in [2.24, 2.45) is 0 Å². The Morgan fingerprint density at radius 1 is 1.17 bits per heavy atom. The van der Waals surface area contributed by atoms with Crippen molar-refractivity contribution in [3.05, 3.63) is 70.0 Å². The quantitative estimate of drug-likeness (QED) is 0.755. The van der Waals surface area contributed by atoms with Gasteiger partial charge in [0, 0.05) is 10.6 Å². The summed E-state index contributed by atoms with van der Waals surface area (Å²) in [5, 5.41) is 0.283. The third-order valence-electron chi connectivity index (χ3n) is 2.80. The maximum Gasteiger partial charge on any atom is 0.195 e. The Balaban J connectivity index is 2.35. The van der Waals surface area contributed by atoms with Crippen molar-refractivity contribution in [2.75, 3.05) is 0 Å². The van der Waals surface area contributed by atoms with Gasteiger partial charge in [-0.2, -0.15) is 0 Å². The fraction of sp³-hybridized carbons (Fsp3) is 0.133. The summed E-state index contributed by atoms with van der Waals surface area (Å²) in [6.45, 7) is 2.04. The fourth-order valence-corrected chi connectivity index (χ4v) is 1.88. The van der Waals surface area contributed by atoms with Gasteiger partial charge in [0.15, 0.2) is 5.78 Å². The molecule has 0 saturated carbocycles. The Morgan fingerprint density at radius 3 is 2.39 bits per heavy atom. The zero-order chi connectivity index (χ0) is 13.1. The van der Waals surface area contributed by atoms with Crippen LogP contribution in [-0.2, 0) is 6.42 Å². The normalized spacial score (nSPS) is 10.4. The summed E-state index contributed by atoms with van der Waals surface area (Å²) in [5.41, 5.74) is 1.67. The summed E-state index contributed by atoms with van der Waals surface area (Å²) in [5.74, 6) is -0.918. The molecule has 0 fully saturated rings. The van der Waals surface area contributed by atoms with Crippen LogP contribution in [0.2, 0.25) is 5.02 Å². The second kappa shape index (κ2) is 5.32. The lowest BCUT2D eigenvalue weighted by Crippen LogP contribution is -2.04. The number of carbonyl (C=O) groups excluding carboxylic acids is 1. The van der Waals surface area contributed by atoms with Gasteiger partial charge in [0.25, 0.3) is 0 Å². The molecule has 0 N–H and O–H groups in total. The van der Waals surface area contributed by atoms with Crippen molar-refractivity contribution < 1.29 is 9.18 Å². The predicted octanol–water partition coefficient (Wildman–Crippen LogP) is 4.27. The van der Waals surface area contributed by atoms with Gasteiger partial charge in [-0.25, -0.2) is 4.39 Å². The monoisotopic (exact) mass is 262 g/mol. The molecule has 0 aromatic heterocycles. The first-order valence-corrected chi connectivity index (χ1v) is 6.08. The van der Waals surface area contributed by atoms with Crippen LogP contribution in [0.3, 0.4) is 0 Å². The Hall–Kier alpha value is -1.67. The van der Waals surface area contributed by atoms with Crippen LogP contribution in [0.4, 0.5) is 4.39 Å². The number of hydrogen-bond acceptors (Lipinski definition) is 1. The van der Waals surface area contributed by atoms with E-state index in [-0.39, 0.29) is 16.4 Å². The minimum absolute atomic E-state index is 0.0450. The fourth-order valence-electron chi connectivity index (χ4n) is 1.72. The minimum Gasteiger partial charge on any atom is -0.288 e. The maximum absolute atomic E-state index is 13.6. The van der Waals surface area contributed by atoms with E-state index >= 15 is 0 Å². The maximum atomic E-state index is 13.6. The average molecular weight is 263 g/mol. The first kappa shape index (κ1) is 12.8. The van der Waals surface area contributed by atoms with Gasteiger partial charge in [-0.1, -0.05) is 42.8 Å². The smallest absolute Gasteiger partial charge is 0.195 e. The first-order chi connectivity index (χ1) is 8.61. The van der Waals surface area contributed by atoms with E-state index in [1.54, 1.807) is 12.1 Å². The Bertz CT molecular complexity index is 576. The lowest BCUT2D eigenvalue weighted by Gasteiger charge is -2.04. The summed E-state index contributed by atoms with van der Waals surface area (Å²) < 4.78 is 13.6. The highest BCUT2D eigenvalue weighted by Crippen LogP contribution is 2.18. The lowest BCUT2D eigenvalue weighted by molar-refractivity contribution is 0.103. The van der Waals surface area contributed by atoms with Crippen LogP contribution in [0, 0.1) is 5.82 Å². The van der Waals surface area contributed by atoms with E-state index in [2.05, 4.69) is 0 Å². The van der Waals surface area contributed by atoms with Crippen molar-refractivity contribution in [3.63, 3.8) is 0 Å². The molecule has 0 aliphatic rings. The van der Waals surface area contributed by atoms with E-state index in [1.165, 1.54) is 12.1 Å². The third kappa shape index (κ3) is 2.59. The summed E-state index contributed by atoms with van der Waals surface area (Å²) >= 11 is 5.66. The van der Waals surface area contributed by atoms with Gasteiger partial charge < -0.3 is 0 Å². The van der Waals surface area contributed by atoms with E-state index in [0.717, 1.165) is 18.1 Å². The molecule has 0 unspecified atom stereocenters. The summed E-state index contributed by atoms with van der Waals surface area (Å²) in [6, 6.07) is 11.3. The van der Waals surface area contributed by atoms with Gasteiger partial charge in [0.1, 0.15) is 5.82 Å². The van der Waals surface area contributed by atoms with E-state index in [9.17, 15) is 9.18 Å². The number of carbonyl (C=O) groups is 1. The molecule has 2 rings (SSSR count). The van der Waals surface area contributed by atoms with Gasteiger partial charge in [-0.05, 0) is 30.2 Å². The van der Waals surface area contributed by atoms with Crippen LogP contribution in [0.1, 0.15) is 28.4 Å². The van der Waals surface area contributed by atoms with Crippen LogP contribution < -0.4 is 0 Å². The number of hydrogen-bond donors (Lipinski definition) is 0. The molecule has 18 heavy (non-hydrogen) atoms. The molecule has 0 aliphatic carbocycles. The van der Waals surface area contributed by atoms with Gasteiger partial charge in [0.2, 0.25) is 0 Å². The molecule has 0 heterocycles. The molecule has 0 bridgehead atoms. The molecular weight excluding hydrogens is 251 g/mol. The number of halogens is 2. The zero-order valence-electron chi connectivity index (χ0n) is 9.91. The summed E-state index contributed by atoms with van der Waals surface area (Å²) in [6.07, 6.45) is 0.907. The molecule has 0 radical (unpaired) electrons. The molecule has 1 nitrogen and oxygen atoms in total. The topological polar surface area (TPSA) is 17.1 Å². The number of rotatable bonds is 3. The summed E-state index contributed by atoms with van der Waals surface area (Å²) in [4.78, 5) is 12.1. The highest BCUT2D eigenvalue weighted by atomic mass is 35.5. The highest BCUT2D eigenvalue weighted by Gasteiger charge is 2.13. The average Bonchev–Trinajstić information content (AvgIpc) is 2.38. The standard InChI is InChI=1S/C15H12ClFO/c1-2-10-3-5-11(6-4-10)15(18)13-8-7-12(16)9-14(13)17/h3-9H,2H2,1H3. The molecule has 0 saturated heterocycles. The second-order valence-corrected chi connectivity index (χ2v) is 4.44. The van der Waals surface area contributed by atoms with E-state index in [4.69, 9.17) is 11.6 Å². The molecule has 0 spiro atoms. The lowest BCUT2D eigenvalue weighted by atomic mass is 10.0. The van der Waals surface area contributed by atoms with Crippen LogP contribution in [-0.4, -0.2) is 5.78 Å². The minimum atomic E-state index is -0.591. The van der Waals surface area contributed by atoms with Crippen molar-refractivity contribution >= 4 is 17.4 Å². The summed E-state index contributed by atoms with van der Waals surface area (Å²) in [7, 11) is 0. The third-order valence-corrected chi connectivity index (χ3v) is 3.04. The van der Waals surface area contributed by atoms with Gasteiger partial charge >= 0.3 is 0 Å². The van der Waals surface area contributed by atoms with Gasteiger partial charge in [-0.15, -0.1) is 0 Å². The van der Waals surface area contributed by atoms with Crippen molar-refractivity contribution in [3.8, 4) is 0 Å². The second-order valence-electron chi connectivity index (χ2n) is 4.00. The highest BCUT2D eigenvalue weighted by molar-refractivity contribution is 6.30. The molecule has 0 aliphatic heterocycles. The number of ketones is 1. The van der Waals surface area contributed by atoms with Crippen LogP contribution in [0.15, 0.2) is 42.5 Å². The molecule has 92 valence electrons. The predicted molar refractivity (Wildman–Crippen MR) is 70.7 cm³/mol. The van der Waals surface area contributed by atoms with Gasteiger partial charge in [0.05, 0.1) is 5.56 Å². The molecule has 3 heteroatoms. The van der Waals surface area contributed by atoms with E-state index in [1.807, 2.05) is 19.1 Å². The molecule has 2 aromatic rings. The Kier molecular flexibility index (Phi) is 3.78. The Labute approximate surface area is 110 Å². The molecule has 2 aromatic carbocycles. The van der Waals surface area contributed by atoms with Crippen molar-refractivity contribution in [1.29, 1.82) is 0 Å². The first-order valence-electron chi connectivity index (χ1n) is 5.70. The Morgan fingerprint density at radius 2 is 1.83 bits per heavy atom. The number of benzene rings is 2. The van der Waals surface area contributed by atoms with Crippen LogP contribution in [0.25, 0.3) is 0 Å². The van der Waals surface area contributed by atoms with Crippen molar-refractivity contribution in [1.82, 2.24) is 0 Å².